The lowest BCUT2D eigenvalue weighted by Gasteiger charge is -2.17. The van der Waals surface area contributed by atoms with Gasteiger partial charge in [0.2, 0.25) is 0 Å². The molecule has 0 radical (unpaired) electrons. The summed E-state index contributed by atoms with van der Waals surface area (Å²) in [6.07, 6.45) is 3.08. The maximum atomic E-state index is 5.70. The van der Waals surface area contributed by atoms with E-state index in [0.717, 1.165) is 43.2 Å². The number of nitrogens with two attached hydrogens (primary N) is 1. The molecule has 0 bridgehead atoms. The van der Waals surface area contributed by atoms with Gasteiger partial charge in [-0.25, -0.2) is 4.98 Å². The van der Waals surface area contributed by atoms with E-state index in [0.29, 0.717) is 5.92 Å². The molecule has 4 nitrogen and oxygen atoms in total. The third-order valence-electron chi connectivity index (χ3n) is 3.92. The minimum atomic E-state index is 0.270. The van der Waals surface area contributed by atoms with Crippen LogP contribution in [0.2, 0.25) is 0 Å². The van der Waals surface area contributed by atoms with E-state index in [2.05, 4.69) is 22.9 Å². The van der Waals surface area contributed by atoms with Gasteiger partial charge >= 0.3 is 0 Å². The van der Waals surface area contributed by atoms with E-state index >= 15 is 0 Å². The first-order valence-electron chi connectivity index (χ1n) is 7.39. The highest BCUT2D eigenvalue weighted by Gasteiger charge is 2.21. The second-order valence-electron chi connectivity index (χ2n) is 5.53. The van der Waals surface area contributed by atoms with Crippen LogP contribution in [0.15, 0.2) is 35.7 Å². The average Bonchev–Trinajstić information content (AvgIpc) is 3.19. The number of hydrogen-bond acceptors (Lipinski definition) is 5. The molecule has 2 aromatic rings. The molecule has 2 unspecified atom stereocenters. The first-order valence-corrected chi connectivity index (χ1v) is 8.27. The molecule has 0 spiro atoms. The summed E-state index contributed by atoms with van der Waals surface area (Å²) in [6.45, 7) is 1.75. The van der Waals surface area contributed by atoms with E-state index in [1.54, 1.807) is 11.3 Å². The van der Waals surface area contributed by atoms with Crippen molar-refractivity contribution in [3.63, 3.8) is 0 Å². The van der Waals surface area contributed by atoms with Crippen LogP contribution < -0.4 is 11.3 Å². The molecule has 0 saturated carbocycles. The van der Waals surface area contributed by atoms with Crippen molar-refractivity contribution in [2.45, 2.75) is 25.3 Å². The van der Waals surface area contributed by atoms with Crippen LogP contribution in [0.1, 0.15) is 17.8 Å². The average molecular weight is 303 g/mol. The summed E-state index contributed by atoms with van der Waals surface area (Å²) in [5.74, 6) is 6.33. The van der Waals surface area contributed by atoms with Crippen molar-refractivity contribution in [1.82, 2.24) is 10.4 Å². The van der Waals surface area contributed by atoms with Gasteiger partial charge in [-0.05, 0) is 18.8 Å². The zero-order chi connectivity index (χ0) is 14.5. The van der Waals surface area contributed by atoms with Crippen LogP contribution in [-0.4, -0.2) is 24.2 Å². The van der Waals surface area contributed by atoms with Gasteiger partial charge in [0.15, 0.2) is 0 Å². The zero-order valence-electron chi connectivity index (χ0n) is 12.0. The summed E-state index contributed by atoms with van der Waals surface area (Å²) in [7, 11) is 0. The number of hydrazine groups is 1. The number of benzene rings is 1. The third kappa shape index (κ3) is 3.89. The van der Waals surface area contributed by atoms with E-state index in [1.165, 1.54) is 5.56 Å². The molecule has 0 aliphatic carbocycles. The summed E-state index contributed by atoms with van der Waals surface area (Å²) in [5, 5.41) is 3.26. The lowest BCUT2D eigenvalue weighted by atomic mass is 9.98. The van der Waals surface area contributed by atoms with Gasteiger partial charge < -0.3 is 4.74 Å². The summed E-state index contributed by atoms with van der Waals surface area (Å²) < 4.78 is 5.43. The van der Waals surface area contributed by atoms with Crippen LogP contribution in [0.5, 0.6) is 0 Å². The van der Waals surface area contributed by atoms with Gasteiger partial charge in [-0.15, -0.1) is 11.3 Å². The smallest absolute Gasteiger partial charge is 0.0948 e. The Morgan fingerprint density at radius 1 is 1.38 bits per heavy atom. The fraction of sp³-hybridized carbons (Fsp3) is 0.438. The fourth-order valence-electron chi connectivity index (χ4n) is 2.74. The van der Waals surface area contributed by atoms with Gasteiger partial charge in [0, 0.05) is 36.6 Å². The lowest BCUT2D eigenvalue weighted by molar-refractivity contribution is 0.181. The summed E-state index contributed by atoms with van der Waals surface area (Å²) in [6, 6.07) is 10.6. The first-order chi connectivity index (χ1) is 10.3. The van der Waals surface area contributed by atoms with E-state index in [9.17, 15) is 0 Å². The largest absolute Gasteiger partial charge is 0.381 e. The normalized spacial score (nSPS) is 19.8. The highest BCUT2D eigenvalue weighted by molar-refractivity contribution is 7.09. The molecule has 112 valence electrons. The summed E-state index contributed by atoms with van der Waals surface area (Å²) in [4.78, 5) is 4.73. The molecule has 1 fully saturated rings. The number of thiazole rings is 1. The second kappa shape index (κ2) is 7.13. The Bertz CT molecular complexity index is 552. The van der Waals surface area contributed by atoms with Crippen molar-refractivity contribution in [1.29, 1.82) is 0 Å². The number of ether oxygens (including phenoxy) is 1. The van der Waals surface area contributed by atoms with Gasteiger partial charge in [0.05, 0.1) is 10.7 Å². The van der Waals surface area contributed by atoms with Gasteiger partial charge in [0.1, 0.15) is 0 Å². The van der Waals surface area contributed by atoms with Gasteiger partial charge in [-0.3, -0.25) is 11.3 Å². The SMILES string of the molecule is NNC(Cc1nc(-c2ccccc2)cs1)CC1CCOC1. The van der Waals surface area contributed by atoms with Crippen LogP contribution in [0.4, 0.5) is 0 Å². The molecule has 0 amide bonds. The Hall–Kier alpha value is -1.27. The van der Waals surface area contributed by atoms with Crippen LogP contribution >= 0.6 is 11.3 Å². The molecule has 3 N–H and O–H groups in total. The number of aromatic nitrogens is 1. The van der Waals surface area contributed by atoms with E-state index < -0.39 is 0 Å². The zero-order valence-corrected chi connectivity index (χ0v) is 12.8. The van der Waals surface area contributed by atoms with E-state index in [-0.39, 0.29) is 6.04 Å². The Labute approximate surface area is 129 Å². The fourth-order valence-corrected chi connectivity index (χ4v) is 3.62. The molecular formula is C16H21N3OS. The van der Waals surface area contributed by atoms with Crippen molar-refractivity contribution in [2.75, 3.05) is 13.2 Å². The maximum absolute atomic E-state index is 5.70. The standard InChI is InChI=1S/C16H21N3OS/c17-19-14(8-12-6-7-20-10-12)9-16-18-15(11-21-16)13-4-2-1-3-5-13/h1-5,11-12,14,19H,6-10,17H2. The van der Waals surface area contributed by atoms with Gasteiger partial charge in [-0.2, -0.15) is 0 Å². The number of rotatable bonds is 6. The molecule has 1 saturated heterocycles. The third-order valence-corrected chi connectivity index (χ3v) is 4.79. The Morgan fingerprint density at radius 3 is 2.95 bits per heavy atom. The van der Waals surface area contributed by atoms with E-state index in [4.69, 9.17) is 15.6 Å². The monoisotopic (exact) mass is 303 g/mol. The highest BCUT2D eigenvalue weighted by Crippen LogP contribution is 2.24. The van der Waals surface area contributed by atoms with Crippen molar-refractivity contribution in [3.05, 3.63) is 40.7 Å². The number of nitrogens with zero attached hydrogens (tertiary/aromatic N) is 1. The van der Waals surface area contributed by atoms with Crippen LogP contribution in [0, 0.1) is 5.92 Å². The first kappa shape index (κ1) is 14.7. The lowest BCUT2D eigenvalue weighted by Crippen LogP contribution is -2.38. The molecular weight excluding hydrogens is 282 g/mol. The molecule has 5 heteroatoms. The van der Waals surface area contributed by atoms with Crippen LogP contribution in [0.3, 0.4) is 0 Å². The van der Waals surface area contributed by atoms with Crippen molar-refractivity contribution < 1.29 is 4.74 Å². The maximum Gasteiger partial charge on any atom is 0.0948 e. The molecule has 2 heterocycles. The van der Waals surface area contributed by atoms with Gasteiger partial charge in [-0.1, -0.05) is 30.3 Å². The molecule has 1 aromatic carbocycles. The minimum Gasteiger partial charge on any atom is -0.381 e. The molecule has 1 aliphatic heterocycles. The van der Waals surface area contributed by atoms with Crippen molar-refractivity contribution >= 4 is 11.3 Å². The van der Waals surface area contributed by atoms with Crippen molar-refractivity contribution in [3.8, 4) is 11.3 Å². The van der Waals surface area contributed by atoms with E-state index in [1.807, 2.05) is 18.2 Å². The second-order valence-corrected chi connectivity index (χ2v) is 6.47. The predicted octanol–water partition coefficient (Wildman–Crippen LogP) is 2.61. The quantitative estimate of drug-likeness (QED) is 0.636. The summed E-state index contributed by atoms with van der Waals surface area (Å²) in [5.41, 5.74) is 5.16. The molecule has 3 rings (SSSR count). The highest BCUT2D eigenvalue weighted by atomic mass is 32.1. The molecule has 1 aromatic heterocycles. The molecule has 1 aliphatic rings. The topological polar surface area (TPSA) is 60.2 Å². The van der Waals surface area contributed by atoms with Crippen LogP contribution in [-0.2, 0) is 11.2 Å². The van der Waals surface area contributed by atoms with Crippen molar-refractivity contribution in [2.24, 2.45) is 11.8 Å². The number of hydrogen-bond donors (Lipinski definition) is 2. The summed E-state index contributed by atoms with van der Waals surface area (Å²) >= 11 is 1.71. The predicted molar refractivity (Wildman–Crippen MR) is 85.9 cm³/mol. The van der Waals surface area contributed by atoms with Crippen LogP contribution in [0.25, 0.3) is 11.3 Å². The Morgan fingerprint density at radius 2 is 2.24 bits per heavy atom. The molecule has 21 heavy (non-hydrogen) atoms. The number of nitrogens with one attached hydrogen (secondary N) is 1. The Kier molecular flexibility index (Phi) is 4.98. The minimum absolute atomic E-state index is 0.270. The van der Waals surface area contributed by atoms with Gasteiger partial charge in [0.25, 0.3) is 0 Å². The molecule has 2 atom stereocenters. The Balaban J connectivity index is 1.62.